The minimum atomic E-state index is 0.167. The van der Waals surface area contributed by atoms with Crippen molar-refractivity contribution in [3.05, 3.63) is 36.4 Å². The smallest absolute Gasteiger partial charge is 0.150 e. The molecular formula is C14H16N4S2. The van der Waals surface area contributed by atoms with Crippen molar-refractivity contribution >= 4 is 39.0 Å². The van der Waals surface area contributed by atoms with Gasteiger partial charge in [0.25, 0.3) is 0 Å². The molecule has 1 unspecified atom stereocenters. The molecule has 0 aliphatic carbocycles. The highest BCUT2D eigenvalue weighted by Gasteiger charge is 2.11. The molecule has 3 rings (SSSR count). The zero-order chi connectivity index (χ0) is 14.1. The van der Waals surface area contributed by atoms with Crippen LogP contribution < -0.4 is 5.32 Å². The first-order valence-electron chi connectivity index (χ1n) is 6.35. The van der Waals surface area contributed by atoms with Gasteiger partial charge in [-0.2, -0.15) is 0 Å². The van der Waals surface area contributed by atoms with E-state index in [9.17, 15) is 0 Å². The Kier molecular flexibility index (Phi) is 3.67. The summed E-state index contributed by atoms with van der Waals surface area (Å²) in [6, 6.07) is 6.47. The molecule has 3 aromatic rings. The van der Waals surface area contributed by atoms with Crippen LogP contribution in [0.4, 0.5) is 5.69 Å². The zero-order valence-corrected chi connectivity index (χ0v) is 13.3. The number of nitrogens with one attached hydrogen (secondary N) is 1. The highest BCUT2D eigenvalue weighted by molar-refractivity contribution is 8.00. The lowest BCUT2D eigenvalue weighted by Crippen LogP contribution is -2.11. The number of rotatable bonds is 4. The van der Waals surface area contributed by atoms with Gasteiger partial charge in [0.05, 0.1) is 16.3 Å². The minimum Gasteiger partial charge on any atom is -0.375 e. The number of benzene rings is 1. The third-order valence-corrected chi connectivity index (χ3v) is 5.18. The van der Waals surface area contributed by atoms with Gasteiger partial charge in [-0.1, -0.05) is 11.8 Å². The van der Waals surface area contributed by atoms with Gasteiger partial charge in [-0.3, -0.25) is 0 Å². The Morgan fingerprint density at radius 2 is 2.25 bits per heavy atom. The second-order valence-corrected chi connectivity index (χ2v) is 6.71. The number of thioether (sulfide) groups is 1. The fourth-order valence-electron chi connectivity index (χ4n) is 2.19. The number of imidazole rings is 1. The molecule has 1 aromatic carbocycles. The highest BCUT2D eigenvalue weighted by atomic mass is 32.2. The lowest BCUT2D eigenvalue weighted by Gasteiger charge is -2.15. The number of hydrogen-bond acceptors (Lipinski definition) is 5. The molecule has 104 valence electrons. The summed E-state index contributed by atoms with van der Waals surface area (Å²) < 4.78 is 4.36. The molecule has 0 spiro atoms. The normalized spacial score (nSPS) is 12.8. The molecule has 4 nitrogen and oxygen atoms in total. The van der Waals surface area contributed by atoms with E-state index in [2.05, 4.69) is 46.7 Å². The largest absolute Gasteiger partial charge is 0.375 e. The van der Waals surface area contributed by atoms with Crippen LogP contribution in [0.25, 0.3) is 10.2 Å². The Labute approximate surface area is 126 Å². The number of aromatic nitrogens is 3. The van der Waals surface area contributed by atoms with E-state index in [1.54, 1.807) is 23.1 Å². The summed E-state index contributed by atoms with van der Waals surface area (Å²) in [7, 11) is 2.01. The summed E-state index contributed by atoms with van der Waals surface area (Å²) in [6.45, 7) is 2.12. The molecule has 6 heteroatoms. The quantitative estimate of drug-likeness (QED) is 0.742. The van der Waals surface area contributed by atoms with E-state index in [0.29, 0.717) is 0 Å². The number of anilines is 1. The van der Waals surface area contributed by atoms with Gasteiger partial charge in [-0.05, 0) is 31.4 Å². The predicted octanol–water partition coefficient (Wildman–Crippen LogP) is 3.92. The second-order valence-electron chi connectivity index (χ2n) is 4.63. The second kappa shape index (κ2) is 5.46. The summed E-state index contributed by atoms with van der Waals surface area (Å²) in [4.78, 5) is 8.93. The first-order valence-corrected chi connectivity index (χ1v) is 8.40. The van der Waals surface area contributed by atoms with Gasteiger partial charge in [-0.25, -0.2) is 9.97 Å². The molecule has 0 radical (unpaired) electrons. The van der Waals surface area contributed by atoms with E-state index in [0.717, 1.165) is 21.4 Å². The number of nitrogens with zero attached hydrogens (tertiary/aromatic N) is 3. The Morgan fingerprint density at radius 3 is 2.95 bits per heavy atom. The van der Waals surface area contributed by atoms with Crippen molar-refractivity contribution in [2.45, 2.75) is 17.3 Å². The van der Waals surface area contributed by atoms with Crippen molar-refractivity contribution in [3.8, 4) is 0 Å². The summed E-state index contributed by atoms with van der Waals surface area (Å²) in [5.41, 5.74) is 2.17. The lowest BCUT2D eigenvalue weighted by molar-refractivity contribution is 0.722. The van der Waals surface area contributed by atoms with Crippen molar-refractivity contribution in [3.63, 3.8) is 0 Å². The monoisotopic (exact) mass is 304 g/mol. The molecule has 0 aliphatic rings. The Bertz CT molecular complexity index is 732. The predicted molar refractivity (Wildman–Crippen MR) is 86.6 cm³/mol. The molecule has 0 saturated carbocycles. The maximum atomic E-state index is 4.55. The van der Waals surface area contributed by atoms with E-state index < -0.39 is 0 Å². The van der Waals surface area contributed by atoms with Crippen molar-refractivity contribution in [2.75, 3.05) is 11.6 Å². The maximum absolute atomic E-state index is 4.55. The Balaban J connectivity index is 1.85. The van der Waals surface area contributed by atoms with E-state index in [-0.39, 0.29) is 6.04 Å². The van der Waals surface area contributed by atoms with Gasteiger partial charge in [0, 0.05) is 25.1 Å². The van der Waals surface area contributed by atoms with Crippen LogP contribution in [-0.2, 0) is 7.05 Å². The first-order chi connectivity index (χ1) is 9.67. The average Bonchev–Trinajstić information content (AvgIpc) is 3.03. The lowest BCUT2D eigenvalue weighted by atomic mass is 10.2. The Morgan fingerprint density at radius 1 is 1.40 bits per heavy atom. The molecule has 2 aromatic heterocycles. The molecule has 0 bridgehead atoms. The number of hydrogen-bond donors (Lipinski definition) is 1. The van der Waals surface area contributed by atoms with Crippen LogP contribution in [0.2, 0.25) is 0 Å². The van der Waals surface area contributed by atoms with Gasteiger partial charge < -0.3 is 9.88 Å². The van der Waals surface area contributed by atoms with Crippen molar-refractivity contribution in [1.29, 1.82) is 0 Å². The molecule has 1 atom stereocenters. The van der Waals surface area contributed by atoms with Gasteiger partial charge in [0.2, 0.25) is 0 Å². The van der Waals surface area contributed by atoms with Crippen LogP contribution in [0.1, 0.15) is 18.8 Å². The van der Waals surface area contributed by atoms with Crippen LogP contribution in [0.5, 0.6) is 0 Å². The number of thiazole rings is 1. The number of aryl methyl sites for hydroxylation is 1. The molecular weight excluding hydrogens is 288 g/mol. The van der Waals surface area contributed by atoms with Crippen LogP contribution >= 0.6 is 23.1 Å². The Hall–Kier alpha value is -1.53. The molecule has 0 aliphatic heterocycles. The molecule has 1 N–H and O–H groups in total. The summed E-state index contributed by atoms with van der Waals surface area (Å²) in [6.07, 6.45) is 5.84. The van der Waals surface area contributed by atoms with Crippen LogP contribution in [-0.4, -0.2) is 20.8 Å². The highest BCUT2D eigenvalue weighted by Crippen LogP contribution is 2.30. The maximum Gasteiger partial charge on any atom is 0.150 e. The molecule has 0 saturated heterocycles. The van der Waals surface area contributed by atoms with Crippen molar-refractivity contribution in [2.24, 2.45) is 7.05 Å². The van der Waals surface area contributed by atoms with Gasteiger partial charge in [0.1, 0.15) is 5.82 Å². The topological polar surface area (TPSA) is 42.7 Å². The number of fused-ring (bicyclic) bond motifs is 1. The van der Waals surface area contributed by atoms with E-state index in [1.165, 1.54) is 4.70 Å². The third-order valence-electron chi connectivity index (χ3n) is 3.17. The fourth-order valence-corrected chi connectivity index (χ4v) is 3.72. The molecule has 0 amide bonds. The van der Waals surface area contributed by atoms with Crippen LogP contribution in [0.15, 0.2) is 34.9 Å². The summed E-state index contributed by atoms with van der Waals surface area (Å²) >= 11 is 3.42. The van der Waals surface area contributed by atoms with Crippen molar-refractivity contribution < 1.29 is 0 Å². The van der Waals surface area contributed by atoms with Crippen LogP contribution in [0, 0.1) is 0 Å². The summed E-state index contributed by atoms with van der Waals surface area (Å²) in [5.74, 6) is 1.03. The van der Waals surface area contributed by atoms with Gasteiger partial charge in [0.15, 0.2) is 4.34 Å². The SMILES string of the molecule is CSc1nc2ccc(NC(C)c3nccn3C)cc2s1. The van der Waals surface area contributed by atoms with E-state index in [1.807, 2.05) is 24.0 Å². The first kappa shape index (κ1) is 13.5. The molecule has 2 heterocycles. The molecule has 0 fully saturated rings. The van der Waals surface area contributed by atoms with Gasteiger partial charge in [-0.15, -0.1) is 11.3 Å². The molecule has 20 heavy (non-hydrogen) atoms. The average molecular weight is 304 g/mol. The van der Waals surface area contributed by atoms with Crippen LogP contribution in [0.3, 0.4) is 0 Å². The van der Waals surface area contributed by atoms with Gasteiger partial charge >= 0.3 is 0 Å². The van der Waals surface area contributed by atoms with E-state index >= 15 is 0 Å². The third kappa shape index (κ3) is 2.53. The fraction of sp³-hybridized carbons (Fsp3) is 0.286. The van der Waals surface area contributed by atoms with E-state index in [4.69, 9.17) is 0 Å². The standard InChI is InChI=1S/C14H16N4S2/c1-9(13-15-6-7-18(13)2)16-10-4-5-11-12(8-10)20-14(17-11)19-3/h4-9,16H,1-3H3. The zero-order valence-electron chi connectivity index (χ0n) is 11.6. The summed E-state index contributed by atoms with van der Waals surface area (Å²) in [5, 5.41) is 3.49. The van der Waals surface area contributed by atoms with Crippen molar-refractivity contribution in [1.82, 2.24) is 14.5 Å². The minimum absolute atomic E-state index is 0.167.